The first kappa shape index (κ1) is 15.0. The highest BCUT2D eigenvalue weighted by atomic mass is 32.1. The zero-order valence-corrected chi connectivity index (χ0v) is 12.6. The molecule has 0 saturated carbocycles. The third kappa shape index (κ3) is 2.74. The van der Waals surface area contributed by atoms with E-state index in [1.807, 2.05) is 48.5 Å². The summed E-state index contributed by atoms with van der Waals surface area (Å²) in [6.45, 7) is 0. The van der Waals surface area contributed by atoms with Crippen LogP contribution >= 0.6 is 12.2 Å². The number of isocyanates is 1. The highest BCUT2D eigenvalue weighted by Crippen LogP contribution is 2.47. The van der Waals surface area contributed by atoms with Crippen molar-refractivity contribution in [1.82, 2.24) is 0 Å². The Labute approximate surface area is 137 Å². The zero-order valence-electron chi connectivity index (χ0n) is 11.8. The minimum atomic E-state index is -1.05. The van der Waals surface area contributed by atoms with Crippen LogP contribution in [-0.2, 0) is 9.53 Å². The number of fused-ring (bicyclic) bond motifs is 3. The predicted octanol–water partition coefficient (Wildman–Crippen LogP) is 3.70. The minimum Gasteiger partial charge on any atom is -0.420 e. The number of benzene rings is 2. The summed E-state index contributed by atoms with van der Waals surface area (Å²) in [6, 6.07) is 15.6. The lowest BCUT2D eigenvalue weighted by atomic mass is 9.95. The number of amides is 1. The fraction of sp³-hybridized carbons (Fsp3) is 0.118. The normalized spacial score (nSPS) is 13.0. The molecule has 0 saturated heterocycles. The van der Waals surface area contributed by atoms with Crippen LogP contribution in [0, 0.1) is 0 Å². The van der Waals surface area contributed by atoms with Crippen molar-refractivity contribution in [2.45, 2.75) is 12.1 Å². The second-order valence-corrected chi connectivity index (χ2v) is 5.03. The maximum atomic E-state index is 11.5. The first-order chi connectivity index (χ1) is 11.3. The predicted molar refractivity (Wildman–Crippen MR) is 87.1 cm³/mol. The van der Waals surface area contributed by atoms with Crippen LogP contribution in [0.4, 0.5) is 4.79 Å². The number of hydrogen-bond acceptors (Lipinski definition) is 5. The molecule has 1 aliphatic carbocycles. The van der Waals surface area contributed by atoms with Gasteiger partial charge in [0.05, 0.1) is 11.1 Å². The van der Waals surface area contributed by atoms with Crippen LogP contribution in [0.25, 0.3) is 11.1 Å². The SMILES string of the molecule is O=C=NC(=O)OC(N=C=S)C1c2ccccc2-c2ccccc21. The summed E-state index contributed by atoms with van der Waals surface area (Å²) in [5.74, 6) is -0.330. The van der Waals surface area contributed by atoms with Gasteiger partial charge in [0.2, 0.25) is 12.3 Å². The van der Waals surface area contributed by atoms with Gasteiger partial charge in [-0.05, 0) is 34.5 Å². The first-order valence-corrected chi connectivity index (χ1v) is 7.20. The van der Waals surface area contributed by atoms with Crippen molar-refractivity contribution in [1.29, 1.82) is 0 Å². The molecule has 0 N–H and O–H groups in total. The fourth-order valence-corrected chi connectivity index (χ4v) is 2.99. The number of rotatable bonds is 3. The van der Waals surface area contributed by atoms with Crippen LogP contribution in [0.15, 0.2) is 58.5 Å². The van der Waals surface area contributed by atoms with Crippen LogP contribution in [-0.4, -0.2) is 23.6 Å². The molecule has 5 nitrogen and oxygen atoms in total. The maximum absolute atomic E-state index is 11.5. The van der Waals surface area contributed by atoms with E-state index in [1.54, 1.807) is 0 Å². The quantitative estimate of drug-likeness (QED) is 0.491. The third-order valence-electron chi connectivity index (χ3n) is 3.71. The number of carbonyl (C=O) groups is 1. The van der Waals surface area contributed by atoms with Gasteiger partial charge < -0.3 is 4.74 Å². The molecule has 0 aromatic heterocycles. The Hall–Kier alpha value is -2.91. The van der Waals surface area contributed by atoms with Crippen molar-refractivity contribution in [3.63, 3.8) is 0 Å². The summed E-state index contributed by atoms with van der Waals surface area (Å²) in [4.78, 5) is 28.6. The highest BCUT2D eigenvalue weighted by molar-refractivity contribution is 7.78. The molecule has 3 rings (SSSR count). The Morgan fingerprint density at radius 1 is 1.09 bits per heavy atom. The average molecular weight is 322 g/mol. The van der Waals surface area contributed by atoms with Crippen LogP contribution in [0.5, 0.6) is 0 Å². The Balaban J connectivity index is 2.11. The van der Waals surface area contributed by atoms with Crippen molar-refractivity contribution in [2.24, 2.45) is 9.98 Å². The van der Waals surface area contributed by atoms with E-state index >= 15 is 0 Å². The van der Waals surface area contributed by atoms with Gasteiger partial charge in [0.15, 0.2) is 0 Å². The monoisotopic (exact) mass is 322 g/mol. The Bertz CT molecular complexity index is 822. The number of ether oxygens (including phenoxy) is 1. The molecular weight excluding hydrogens is 312 g/mol. The number of thiocarbonyl (C=S) groups is 1. The number of hydrogen-bond donors (Lipinski definition) is 0. The first-order valence-electron chi connectivity index (χ1n) is 6.80. The summed E-state index contributed by atoms with van der Waals surface area (Å²) in [7, 11) is 0. The molecule has 0 spiro atoms. The standard InChI is InChI=1S/C17H10N2O3S/c20-9-18-17(21)22-16(19-10-23)15-13-7-3-1-5-11(13)12-6-2-4-8-14(12)15/h1-8,15-16H. The van der Waals surface area contributed by atoms with E-state index in [1.165, 1.54) is 0 Å². The van der Waals surface area contributed by atoms with Crippen LogP contribution in [0.3, 0.4) is 0 Å². The van der Waals surface area contributed by atoms with Gasteiger partial charge in [0, 0.05) is 0 Å². The van der Waals surface area contributed by atoms with E-state index < -0.39 is 12.3 Å². The van der Waals surface area contributed by atoms with Crippen molar-refractivity contribution in [3.8, 4) is 11.1 Å². The second kappa shape index (κ2) is 6.46. The lowest BCUT2D eigenvalue weighted by Crippen LogP contribution is -2.22. The van der Waals surface area contributed by atoms with Gasteiger partial charge in [-0.1, -0.05) is 53.5 Å². The smallest absolute Gasteiger partial charge is 0.420 e. The largest absolute Gasteiger partial charge is 0.446 e. The fourth-order valence-electron chi connectivity index (χ4n) is 2.89. The van der Waals surface area contributed by atoms with Crippen LogP contribution in [0.2, 0.25) is 0 Å². The van der Waals surface area contributed by atoms with E-state index in [2.05, 4.69) is 27.4 Å². The van der Waals surface area contributed by atoms with E-state index in [0.717, 1.165) is 28.3 Å². The van der Waals surface area contributed by atoms with Gasteiger partial charge in [-0.2, -0.15) is 4.99 Å². The van der Waals surface area contributed by atoms with Crippen molar-refractivity contribution in [2.75, 3.05) is 0 Å². The average Bonchev–Trinajstić information content (AvgIpc) is 2.89. The molecular formula is C17H10N2O3S. The molecule has 112 valence electrons. The van der Waals surface area contributed by atoms with Gasteiger partial charge in [0.25, 0.3) is 0 Å². The van der Waals surface area contributed by atoms with Gasteiger partial charge in [-0.15, -0.1) is 0 Å². The summed E-state index contributed by atoms with van der Waals surface area (Å²) in [5, 5.41) is 2.24. The van der Waals surface area contributed by atoms with E-state index in [-0.39, 0.29) is 5.92 Å². The second-order valence-electron chi connectivity index (χ2n) is 4.85. The summed E-state index contributed by atoms with van der Waals surface area (Å²) in [6.07, 6.45) is -0.841. The van der Waals surface area contributed by atoms with Crippen molar-refractivity contribution >= 4 is 29.6 Å². The van der Waals surface area contributed by atoms with Gasteiger partial charge in [-0.25, -0.2) is 9.59 Å². The lowest BCUT2D eigenvalue weighted by molar-refractivity contribution is 0.104. The molecule has 2 aromatic carbocycles. The molecule has 23 heavy (non-hydrogen) atoms. The van der Waals surface area contributed by atoms with Gasteiger partial charge in [0.1, 0.15) is 0 Å². The van der Waals surface area contributed by atoms with Crippen molar-refractivity contribution in [3.05, 3.63) is 59.7 Å². The van der Waals surface area contributed by atoms with E-state index in [4.69, 9.17) is 4.74 Å². The molecule has 1 aliphatic rings. The van der Waals surface area contributed by atoms with E-state index in [0.29, 0.717) is 0 Å². The summed E-state index contributed by atoms with van der Waals surface area (Å²) in [5.41, 5.74) is 4.03. The Kier molecular flexibility index (Phi) is 4.22. The molecule has 0 radical (unpaired) electrons. The van der Waals surface area contributed by atoms with Crippen LogP contribution in [0.1, 0.15) is 17.0 Å². The Morgan fingerprint density at radius 3 is 2.17 bits per heavy atom. The number of aliphatic imine (C=N–C) groups is 2. The highest BCUT2D eigenvalue weighted by Gasteiger charge is 2.36. The van der Waals surface area contributed by atoms with Crippen LogP contribution < -0.4 is 0 Å². The number of carbonyl (C=O) groups excluding carboxylic acids is 2. The van der Waals surface area contributed by atoms with Gasteiger partial charge in [-0.3, -0.25) is 0 Å². The topological polar surface area (TPSA) is 68.1 Å². The summed E-state index contributed by atoms with van der Waals surface area (Å²) >= 11 is 4.66. The third-order valence-corrected chi connectivity index (χ3v) is 3.81. The molecule has 0 bridgehead atoms. The molecule has 6 heteroatoms. The molecule has 0 fully saturated rings. The van der Waals surface area contributed by atoms with E-state index in [9.17, 15) is 9.59 Å². The molecule has 1 amide bonds. The number of nitrogens with zero attached hydrogens (tertiary/aromatic N) is 2. The summed E-state index contributed by atoms with van der Waals surface area (Å²) < 4.78 is 5.17. The molecule has 2 aromatic rings. The lowest BCUT2D eigenvalue weighted by Gasteiger charge is -2.20. The molecule has 1 unspecified atom stereocenters. The molecule has 1 atom stereocenters. The number of isothiocyanates is 1. The van der Waals surface area contributed by atoms with Crippen molar-refractivity contribution < 1.29 is 14.3 Å². The molecule has 0 heterocycles. The minimum absolute atomic E-state index is 0.330. The maximum Gasteiger partial charge on any atom is 0.446 e. The van der Waals surface area contributed by atoms with Gasteiger partial charge >= 0.3 is 6.09 Å². The zero-order chi connectivity index (χ0) is 16.2. The Morgan fingerprint density at radius 2 is 1.65 bits per heavy atom. The molecule has 0 aliphatic heterocycles.